The summed E-state index contributed by atoms with van der Waals surface area (Å²) in [5, 5.41) is -0.795. The van der Waals surface area contributed by atoms with Crippen LogP contribution in [0.5, 0.6) is 0 Å². The van der Waals surface area contributed by atoms with Gasteiger partial charge in [-0.05, 0) is 0 Å². The smallest absolute Gasteiger partial charge is 0.199 e. The van der Waals surface area contributed by atoms with Crippen LogP contribution in [0.15, 0.2) is 22.5 Å². The van der Waals surface area contributed by atoms with Crippen molar-refractivity contribution < 1.29 is 13.2 Å². The van der Waals surface area contributed by atoms with E-state index in [4.69, 9.17) is 23.2 Å². The van der Waals surface area contributed by atoms with Gasteiger partial charge in [0.2, 0.25) is 5.83 Å². The molecular weight excluding hydrogens is 176 g/mol. The quantitative estimate of drug-likeness (QED) is 0.538. The van der Waals surface area contributed by atoms with Crippen LogP contribution in [0, 0.1) is 0 Å². The molecule has 0 amide bonds. The van der Waals surface area contributed by atoms with Gasteiger partial charge in [0.05, 0.1) is 5.03 Å². The summed E-state index contributed by atoms with van der Waals surface area (Å²) in [7, 11) is 0. The van der Waals surface area contributed by atoms with Crippen LogP contribution < -0.4 is 0 Å². The van der Waals surface area contributed by atoms with Crippen molar-refractivity contribution in [3.63, 3.8) is 0 Å². The second-order valence-electron chi connectivity index (χ2n) is 1.03. The minimum absolute atomic E-state index is 0.524. The lowest BCUT2D eigenvalue weighted by Gasteiger charge is -1.87. The van der Waals surface area contributed by atoms with Gasteiger partial charge in [-0.1, -0.05) is 23.2 Å². The molecule has 0 saturated carbocycles. The zero-order valence-corrected chi connectivity index (χ0v) is 5.48. The van der Waals surface area contributed by atoms with Crippen LogP contribution in [-0.2, 0) is 0 Å². The third-order valence-electron chi connectivity index (χ3n) is 0.471. The Balaban J connectivity index is 4.40. The summed E-state index contributed by atoms with van der Waals surface area (Å²) in [4.78, 5) is 0. The Morgan fingerprint density at radius 1 is 1.22 bits per heavy atom. The van der Waals surface area contributed by atoms with Crippen molar-refractivity contribution in [2.24, 2.45) is 0 Å². The molecule has 0 rings (SSSR count). The summed E-state index contributed by atoms with van der Waals surface area (Å²) < 4.78 is 34.1. The molecule has 0 heterocycles. The lowest BCUT2D eigenvalue weighted by Crippen LogP contribution is -1.72. The zero-order chi connectivity index (χ0) is 7.44. The third-order valence-corrected chi connectivity index (χ3v) is 1.08. The zero-order valence-electron chi connectivity index (χ0n) is 3.97. The Hall–Kier alpha value is -0.150. The van der Waals surface area contributed by atoms with E-state index in [1.807, 2.05) is 0 Å². The minimum Gasteiger partial charge on any atom is -0.199 e. The second kappa shape index (κ2) is 3.80. The Kier molecular flexibility index (Phi) is 3.73. The largest absolute Gasteiger partial charge is 0.307 e. The van der Waals surface area contributed by atoms with Crippen molar-refractivity contribution in [2.75, 3.05) is 0 Å². The molecule has 0 radical (unpaired) electrons. The van der Waals surface area contributed by atoms with Crippen molar-refractivity contribution >= 4 is 23.2 Å². The van der Waals surface area contributed by atoms with Crippen molar-refractivity contribution in [1.82, 2.24) is 0 Å². The minimum atomic E-state index is -2.48. The summed E-state index contributed by atoms with van der Waals surface area (Å²) in [5.74, 6) is -1.79. The van der Waals surface area contributed by atoms with Crippen LogP contribution in [-0.4, -0.2) is 0 Å². The van der Waals surface area contributed by atoms with Crippen molar-refractivity contribution in [1.29, 1.82) is 0 Å². The molecule has 0 bridgehead atoms. The predicted octanol–water partition coefficient (Wildman–Crippen LogP) is 3.38. The van der Waals surface area contributed by atoms with Gasteiger partial charge >= 0.3 is 6.08 Å². The molecule has 0 aromatic heterocycles. The molecule has 0 spiro atoms. The van der Waals surface area contributed by atoms with Gasteiger partial charge in [-0.2, -0.15) is 13.2 Å². The first-order chi connectivity index (χ1) is 4.09. The molecule has 0 unspecified atom stereocenters. The fourth-order valence-electron chi connectivity index (χ4n) is 0.138. The summed E-state index contributed by atoms with van der Waals surface area (Å²) >= 11 is 9.62. The Morgan fingerprint density at radius 3 is 1.78 bits per heavy atom. The molecule has 5 heteroatoms. The van der Waals surface area contributed by atoms with Gasteiger partial charge in [0.25, 0.3) is 0 Å². The highest BCUT2D eigenvalue weighted by molar-refractivity contribution is 6.38. The van der Waals surface area contributed by atoms with E-state index in [1.165, 1.54) is 0 Å². The molecule has 0 aromatic rings. The molecule has 0 atom stereocenters. The maximum absolute atomic E-state index is 11.8. The molecule has 0 aliphatic rings. The van der Waals surface area contributed by atoms with E-state index in [0.29, 0.717) is 5.54 Å². The van der Waals surface area contributed by atoms with Gasteiger partial charge in [0.1, 0.15) is 0 Å². The van der Waals surface area contributed by atoms with Crippen molar-refractivity contribution in [2.45, 2.75) is 0 Å². The van der Waals surface area contributed by atoms with Gasteiger partial charge in [0, 0.05) is 5.54 Å². The van der Waals surface area contributed by atoms with Crippen molar-refractivity contribution in [3.8, 4) is 0 Å². The number of rotatable bonds is 1. The fraction of sp³-hybridized carbons (Fsp3) is 0. The average Bonchev–Trinajstić information content (AvgIpc) is 1.84. The molecule has 9 heavy (non-hydrogen) atoms. The van der Waals surface area contributed by atoms with E-state index >= 15 is 0 Å². The van der Waals surface area contributed by atoms with E-state index in [2.05, 4.69) is 0 Å². The van der Waals surface area contributed by atoms with Gasteiger partial charge in [-0.15, -0.1) is 0 Å². The average molecular weight is 177 g/mol. The van der Waals surface area contributed by atoms with Gasteiger partial charge in [0.15, 0.2) is 0 Å². The Morgan fingerprint density at radius 2 is 1.67 bits per heavy atom. The lowest BCUT2D eigenvalue weighted by atomic mass is 10.6. The van der Waals surface area contributed by atoms with Crippen molar-refractivity contribution in [3.05, 3.63) is 22.5 Å². The molecule has 52 valence electrons. The normalized spacial score (nSPS) is 11.4. The van der Waals surface area contributed by atoms with Crippen LogP contribution in [0.4, 0.5) is 13.2 Å². The first-order valence-electron chi connectivity index (χ1n) is 1.76. The maximum atomic E-state index is 11.8. The molecule has 0 N–H and O–H groups in total. The standard InChI is InChI=1S/C4HCl2F3/c5-1-2(6)3(7)4(8)9/h1H. The number of halogens is 5. The molecule has 0 aliphatic heterocycles. The van der Waals surface area contributed by atoms with Gasteiger partial charge in [-0.3, -0.25) is 0 Å². The van der Waals surface area contributed by atoms with Crippen LogP contribution in [0.1, 0.15) is 0 Å². The van der Waals surface area contributed by atoms with Crippen LogP contribution in [0.3, 0.4) is 0 Å². The summed E-state index contributed by atoms with van der Waals surface area (Å²) in [5.41, 5.74) is 0.524. The highest BCUT2D eigenvalue weighted by atomic mass is 35.5. The van der Waals surface area contributed by atoms with E-state index in [-0.39, 0.29) is 0 Å². The van der Waals surface area contributed by atoms with E-state index < -0.39 is 16.9 Å². The lowest BCUT2D eigenvalue weighted by molar-refractivity contribution is 0.386. The van der Waals surface area contributed by atoms with E-state index in [0.717, 1.165) is 0 Å². The topological polar surface area (TPSA) is 0 Å². The number of hydrogen-bond donors (Lipinski definition) is 0. The first-order valence-corrected chi connectivity index (χ1v) is 2.58. The predicted molar refractivity (Wildman–Crippen MR) is 30.1 cm³/mol. The SMILES string of the molecule is FC(F)=C(F)C(Cl)=CCl. The number of allylic oxidation sites excluding steroid dienone is 2. The van der Waals surface area contributed by atoms with Gasteiger partial charge < -0.3 is 0 Å². The molecule has 0 saturated heterocycles. The molecule has 0 aliphatic carbocycles. The summed E-state index contributed by atoms with van der Waals surface area (Å²) in [6.07, 6.45) is -2.48. The monoisotopic (exact) mass is 176 g/mol. The molecule has 0 fully saturated rings. The van der Waals surface area contributed by atoms with Crippen LogP contribution in [0.2, 0.25) is 0 Å². The van der Waals surface area contributed by atoms with Crippen LogP contribution in [0.25, 0.3) is 0 Å². The van der Waals surface area contributed by atoms with Crippen LogP contribution >= 0.6 is 23.2 Å². The number of hydrogen-bond acceptors (Lipinski definition) is 0. The summed E-state index contributed by atoms with van der Waals surface area (Å²) in [6, 6.07) is 0. The summed E-state index contributed by atoms with van der Waals surface area (Å²) in [6.45, 7) is 0. The molecular formula is C4HCl2F3. The maximum Gasteiger partial charge on any atom is 0.307 e. The first kappa shape index (κ1) is 8.85. The molecule has 0 aromatic carbocycles. The Bertz CT molecular complexity index is 157. The van der Waals surface area contributed by atoms with E-state index in [9.17, 15) is 13.2 Å². The molecule has 0 nitrogen and oxygen atoms in total. The van der Waals surface area contributed by atoms with E-state index in [1.54, 1.807) is 0 Å². The second-order valence-corrected chi connectivity index (χ2v) is 1.66. The Labute approximate surface area is 59.6 Å². The third kappa shape index (κ3) is 2.77. The highest BCUT2D eigenvalue weighted by Gasteiger charge is 2.07. The van der Waals surface area contributed by atoms with Gasteiger partial charge in [-0.25, -0.2) is 0 Å². The highest BCUT2D eigenvalue weighted by Crippen LogP contribution is 2.21. The fourth-order valence-corrected chi connectivity index (χ4v) is 0.305.